The summed E-state index contributed by atoms with van der Waals surface area (Å²) < 4.78 is 0. The molecule has 76 valence electrons. The van der Waals surface area contributed by atoms with Crippen LogP contribution in [0.25, 0.3) is 0 Å². The molecule has 0 spiro atoms. The highest BCUT2D eigenvalue weighted by molar-refractivity contribution is 5.95. The molecular weight excluding hydrogens is 180 g/mol. The molecule has 2 aliphatic rings. The summed E-state index contributed by atoms with van der Waals surface area (Å²) >= 11 is 0. The first-order chi connectivity index (χ1) is 6.74. The number of nitrogens with zero attached hydrogens (tertiary/aromatic N) is 1. The number of amides is 2. The van der Waals surface area contributed by atoms with Gasteiger partial charge in [0.1, 0.15) is 6.04 Å². The van der Waals surface area contributed by atoms with Crippen LogP contribution in [0.15, 0.2) is 12.7 Å². The van der Waals surface area contributed by atoms with Crippen molar-refractivity contribution in [2.75, 3.05) is 13.1 Å². The van der Waals surface area contributed by atoms with Crippen molar-refractivity contribution in [3.8, 4) is 0 Å². The Hall–Kier alpha value is -1.32. The Labute approximate surface area is 83.0 Å². The second kappa shape index (κ2) is 3.44. The predicted molar refractivity (Wildman–Crippen MR) is 51.4 cm³/mol. The lowest BCUT2D eigenvalue weighted by Gasteiger charge is -2.34. The Morgan fingerprint density at radius 2 is 2.21 bits per heavy atom. The fourth-order valence-electron chi connectivity index (χ4n) is 1.90. The first kappa shape index (κ1) is 9.24. The lowest BCUT2D eigenvalue weighted by atomic mass is 10.1. The maximum atomic E-state index is 11.6. The zero-order valence-corrected chi connectivity index (χ0v) is 8.03. The minimum Gasteiger partial charge on any atom is -0.345 e. The summed E-state index contributed by atoms with van der Waals surface area (Å²) in [5.41, 5.74) is 0. The van der Waals surface area contributed by atoms with E-state index >= 15 is 0 Å². The summed E-state index contributed by atoms with van der Waals surface area (Å²) in [5, 5.41) is 2.63. The van der Waals surface area contributed by atoms with E-state index in [1.807, 2.05) is 0 Å². The van der Waals surface area contributed by atoms with Crippen molar-refractivity contribution in [3.63, 3.8) is 0 Å². The van der Waals surface area contributed by atoms with Gasteiger partial charge in [0.05, 0.1) is 6.54 Å². The zero-order valence-electron chi connectivity index (χ0n) is 8.03. The van der Waals surface area contributed by atoms with Crippen LogP contribution < -0.4 is 5.32 Å². The Bertz CT molecular complexity index is 284. The average molecular weight is 194 g/mol. The number of nitrogens with one attached hydrogen (secondary N) is 1. The highest BCUT2D eigenvalue weighted by Gasteiger charge is 2.43. The molecule has 4 heteroatoms. The smallest absolute Gasteiger partial charge is 0.243 e. The van der Waals surface area contributed by atoms with Gasteiger partial charge in [0, 0.05) is 6.54 Å². The third-order valence-corrected chi connectivity index (χ3v) is 2.73. The molecule has 2 rings (SSSR count). The minimum absolute atomic E-state index is 0.00130. The number of hydrogen-bond donors (Lipinski definition) is 1. The van der Waals surface area contributed by atoms with E-state index in [1.165, 1.54) is 0 Å². The van der Waals surface area contributed by atoms with Gasteiger partial charge in [-0.15, -0.1) is 6.58 Å². The van der Waals surface area contributed by atoms with E-state index in [2.05, 4.69) is 11.9 Å². The maximum Gasteiger partial charge on any atom is 0.243 e. The largest absolute Gasteiger partial charge is 0.345 e. The Morgan fingerprint density at radius 1 is 1.50 bits per heavy atom. The molecule has 0 aromatic rings. The third-order valence-electron chi connectivity index (χ3n) is 2.73. The lowest BCUT2D eigenvalue weighted by Crippen LogP contribution is -2.59. The van der Waals surface area contributed by atoms with E-state index < -0.39 is 0 Å². The van der Waals surface area contributed by atoms with Crippen molar-refractivity contribution in [2.24, 2.45) is 5.92 Å². The number of carbonyl (C=O) groups excluding carboxylic acids is 2. The Balaban J connectivity index is 2.15. The molecule has 1 aliphatic carbocycles. The molecule has 0 radical (unpaired) electrons. The first-order valence-electron chi connectivity index (χ1n) is 4.92. The summed E-state index contributed by atoms with van der Waals surface area (Å²) in [5.74, 6) is 0.370. The molecule has 1 saturated carbocycles. The topological polar surface area (TPSA) is 49.4 Å². The van der Waals surface area contributed by atoms with Crippen molar-refractivity contribution < 1.29 is 9.59 Å². The van der Waals surface area contributed by atoms with Gasteiger partial charge in [0.15, 0.2) is 0 Å². The Kier molecular flexibility index (Phi) is 2.27. The summed E-state index contributed by atoms with van der Waals surface area (Å²) in [4.78, 5) is 24.7. The van der Waals surface area contributed by atoms with Crippen molar-refractivity contribution in [3.05, 3.63) is 12.7 Å². The second-order valence-electron chi connectivity index (χ2n) is 3.83. The van der Waals surface area contributed by atoms with Crippen LogP contribution >= 0.6 is 0 Å². The molecule has 2 amide bonds. The van der Waals surface area contributed by atoms with Crippen molar-refractivity contribution >= 4 is 11.8 Å². The molecule has 4 nitrogen and oxygen atoms in total. The van der Waals surface area contributed by atoms with Gasteiger partial charge in [0.2, 0.25) is 11.8 Å². The molecule has 1 unspecified atom stereocenters. The number of hydrogen-bond acceptors (Lipinski definition) is 2. The van der Waals surface area contributed by atoms with E-state index in [0.717, 1.165) is 12.8 Å². The maximum absolute atomic E-state index is 11.6. The molecule has 1 saturated heterocycles. The fraction of sp³-hybridized carbons (Fsp3) is 0.600. The van der Waals surface area contributed by atoms with Gasteiger partial charge in [-0.1, -0.05) is 6.08 Å². The van der Waals surface area contributed by atoms with Crippen LogP contribution in [0.5, 0.6) is 0 Å². The zero-order chi connectivity index (χ0) is 10.1. The summed E-state index contributed by atoms with van der Waals surface area (Å²) in [6.07, 6.45) is 3.78. The molecule has 1 aliphatic heterocycles. The Morgan fingerprint density at radius 3 is 2.79 bits per heavy atom. The van der Waals surface area contributed by atoms with E-state index in [4.69, 9.17) is 0 Å². The molecular formula is C10H14N2O2. The van der Waals surface area contributed by atoms with Crippen molar-refractivity contribution in [1.29, 1.82) is 0 Å². The van der Waals surface area contributed by atoms with Crippen LogP contribution in [0, 0.1) is 5.92 Å². The van der Waals surface area contributed by atoms with E-state index in [0.29, 0.717) is 12.5 Å². The van der Waals surface area contributed by atoms with Crippen LogP contribution in [0.1, 0.15) is 12.8 Å². The molecule has 1 N–H and O–H groups in total. The van der Waals surface area contributed by atoms with E-state index in [1.54, 1.807) is 11.0 Å². The van der Waals surface area contributed by atoms with Crippen LogP contribution in [0.2, 0.25) is 0 Å². The van der Waals surface area contributed by atoms with Gasteiger partial charge in [0.25, 0.3) is 0 Å². The highest BCUT2D eigenvalue weighted by atomic mass is 16.2. The van der Waals surface area contributed by atoms with Gasteiger partial charge in [-0.2, -0.15) is 0 Å². The van der Waals surface area contributed by atoms with E-state index in [-0.39, 0.29) is 24.4 Å². The monoisotopic (exact) mass is 194 g/mol. The van der Waals surface area contributed by atoms with Crippen molar-refractivity contribution in [1.82, 2.24) is 10.2 Å². The number of piperazine rings is 1. The summed E-state index contributed by atoms with van der Waals surface area (Å²) in [6, 6.07) is -0.241. The van der Waals surface area contributed by atoms with Crippen molar-refractivity contribution in [2.45, 2.75) is 18.9 Å². The SMILES string of the molecule is C=CCN1C(=O)CNC(=O)C1C1CC1. The van der Waals surface area contributed by atoms with Gasteiger partial charge >= 0.3 is 0 Å². The average Bonchev–Trinajstić information content (AvgIpc) is 2.95. The summed E-state index contributed by atoms with van der Waals surface area (Å²) in [6.45, 7) is 4.22. The van der Waals surface area contributed by atoms with E-state index in [9.17, 15) is 9.59 Å². The predicted octanol–water partition coefficient (Wildman–Crippen LogP) is -0.0906. The molecule has 0 aromatic heterocycles. The van der Waals surface area contributed by atoms with Crippen LogP contribution in [-0.4, -0.2) is 35.8 Å². The third kappa shape index (κ3) is 1.52. The molecule has 0 aromatic carbocycles. The first-order valence-corrected chi connectivity index (χ1v) is 4.92. The molecule has 2 fully saturated rings. The quantitative estimate of drug-likeness (QED) is 0.638. The lowest BCUT2D eigenvalue weighted by molar-refractivity contribution is -0.145. The van der Waals surface area contributed by atoms with Gasteiger partial charge < -0.3 is 10.2 Å². The van der Waals surface area contributed by atoms with Crippen LogP contribution in [0.4, 0.5) is 0 Å². The van der Waals surface area contributed by atoms with Gasteiger partial charge in [-0.3, -0.25) is 9.59 Å². The fourth-order valence-corrected chi connectivity index (χ4v) is 1.90. The minimum atomic E-state index is -0.241. The van der Waals surface area contributed by atoms with Gasteiger partial charge in [-0.25, -0.2) is 0 Å². The molecule has 1 atom stereocenters. The molecule has 1 heterocycles. The standard InChI is InChI=1S/C10H14N2O2/c1-2-5-12-8(13)6-11-10(14)9(12)7-3-4-7/h2,7,9H,1,3-6H2,(H,11,14). The second-order valence-corrected chi connectivity index (χ2v) is 3.83. The number of carbonyl (C=O) groups is 2. The highest BCUT2D eigenvalue weighted by Crippen LogP contribution is 2.36. The summed E-state index contributed by atoms with van der Waals surface area (Å²) in [7, 11) is 0. The number of rotatable bonds is 3. The van der Waals surface area contributed by atoms with Crippen LogP contribution in [-0.2, 0) is 9.59 Å². The van der Waals surface area contributed by atoms with Gasteiger partial charge in [-0.05, 0) is 18.8 Å². The van der Waals surface area contributed by atoms with Crippen LogP contribution in [0.3, 0.4) is 0 Å². The molecule has 14 heavy (non-hydrogen) atoms. The molecule has 0 bridgehead atoms. The normalized spacial score (nSPS) is 27.4.